The first-order chi connectivity index (χ1) is 9.86. The van der Waals surface area contributed by atoms with Gasteiger partial charge in [0.2, 0.25) is 10.0 Å². The van der Waals surface area contributed by atoms with Gasteiger partial charge in [0.25, 0.3) is 0 Å². The van der Waals surface area contributed by atoms with Crippen molar-refractivity contribution in [2.45, 2.75) is 38.6 Å². The molecule has 1 unspecified atom stereocenters. The maximum Gasteiger partial charge on any atom is 0.243 e. The molecule has 1 atom stereocenters. The summed E-state index contributed by atoms with van der Waals surface area (Å²) in [6.45, 7) is 8.31. The lowest BCUT2D eigenvalue weighted by molar-refractivity contribution is 0.388. The Morgan fingerprint density at radius 3 is 2.67 bits per heavy atom. The summed E-state index contributed by atoms with van der Waals surface area (Å²) in [7, 11) is -1.49. The number of sulfonamides is 1. The Kier molecular flexibility index (Phi) is 5.07. The van der Waals surface area contributed by atoms with Crippen LogP contribution < -0.4 is 5.32 Å². The SMILES string of the molecule is CNCc1cc(S(=O)(=O)N2CCC(C(C)C)C2)ccc1C. The Balaban J connectivity index is 2.26. The number of hydrogen-bond donors (Lipinski definition) is 1. The van der Waals surface area contributed by atoms with Gasteiger partial charge < -0.3 is 5.32 Å². The van der Waals surface area contributed by atoms with E-state index in [4.69, 9.17) is 0 Å². The van der Waals surface area contributed by atoms with Gasteiger partial charge in [0.15, 0.2) is 0 Å². The zero-order valence-electron chi connectivity index (χ0n) is 13.4. The van der Waals surface area contributed by atoms with Crippen LogP contribution in [0.25, 0.3) is 0 Å². The van der Waals surface area contributed by atoms with Crippen molar-refractivity contribution < 1.29 is 8.42 Å². The Bertz CT molecular complexity index is 596. The highest BCUT2D eigenvalue weighted by atomic mass is 32.2. The quantitative estimate of drug-likeness (QED) is 0.908. The summed E-state index contributed by atoms with van der Waals surface area (Å²) in [4.78, 5) is 0.419. The monoisotopic (exact) mass is 310 g/mol. The molecule has 0 aliphatic carbocycles. The molecular formula is C16H26N2O2S. The Morgan fingerprint density at radius 1 is 1.38 bits per heavy atom. The zero-order valence-corrected chi connectivity index (χ0v) is 14.2. The maximum atomic E-state index is 12.8. The number of benzene rings is 1. The van der Waals surface area contributed by atoms with Crippen molar-refractivity contribution in [2.75, 3.05) is 20.1 Å². The van der Waals surface area contributed by atoms with E-state index in [2.05, 4.69) is 19.2 Å². The molecule has 118 valence electrons. The number of aryl methyl sites for hydroxylation is 1. The first-order valence-electron chi connectivity index (χ1n) is 7.60. The third kappa shape index (κ3) is 3.47. The molecule has 1 aromatic rings. The minimum absolute atomic E-state index is 0.419. The molecule has 2 rings (SSSR count). The van der Waals surface area contributed by atoms with E-state index in [1.807, 2.05) is 26.1 Å². The van der Waals surface area contributed by atoms with Crippen molar-refractivity contribution in [3.05, 3.63) is 29.3 Å². The largest absolute Gasteiger partial charge is 0.316 e. The molecule has 21 heavy (non-hydrogen) atoms. The molecule has 0 amide bonds. The van der Waals surface area contributed by atoms with E-state index in [0.29, 0.717) is 36.4 Å². The molecule has 1 saturated heterocycles. The van der Waals surface area contributed by atoms with Gasteiger partial charge in [-0.3, -0.25) is 0 Å². The van der Waals surface area contributed by atoms with E-state index in [-0.39, 0.29) is 0 Å². The highest BCUT2D eigenvalue weighted by Gasteiger charge is 2.33. The zero-order chi connectivity index (χ0) is 15.6. The molecule has 1 heterocycles. The molecule has 4 nitrogen and oxygen atoms in total. The van der Waals surface area contributed by atoms with Crippen molar-refractivity contribution in [1.82, 2.24) is 9.62 Å². The molecule has 1 aliphatic rings. The fourth-order valence-electron chi connectivity index (χ4n) is 2.85. The molecule has 5 heteroatoms. The number of nitrogens with zero attached hydrogens (tertiary/aromatic N) is 1. The summed E-state index contributed by atoms with van der Waals surface area (Å²) in [5, 5.41) is 3.09. The van der Waals surface area contributed by atoms with E-state index < -0.39 is 10.0 Å². The molecule has 0 saturated carbocycles. The van der Waals surface area contributed by atoms with Gasteiger partial charge in [-0.1, -0.05) is 19.9 Å². The second kappa shape index (κ2) is 6.46. The van der Waals surface area contributed by atoms with E-state index in [9.17, 15) is 8.42 Å². The average molecular weight is 310 g/mol. The predicted molar refractivity (Wildman–Crippen MR) is 85.6 cm³/mol. The highest BCUT2D eigenvalue weighted by molar-refractivity contribution is 7.89. The molecule has 1 aliphatic heterocycles. The van der Waals surface area contributed by atoms with Gasteiger partial charge >= 0.3 is 0 Å². The molecule has 0 spiro atoms. The first-order valence-corrected chi connectivity index (χ1v) is 9.04. The van der Waals surface area contributed by atoms with E-state index >= 15 is 0 Å². The second-order valence-corrected chi connectivity index (χ2v) is 8.21. The summed E-state index contributed by atoms with van der Waals surface area (Å²) < 4.78 is 27.2. The van der Waals surface area contributed by atoms with Crippen LogP contribution in [0.3, 0.4) is 0 Å². The van der Waals surface area contributed by atoms with Gasteiger partial charge in [0, 0.05) is 19.6 Å². The van der Waals surface area contributed by atoms with Gasteiger partial charge in [0.1, 0.15) is 0 Å². The Morgan fingerprint density at radius 2 is 2.10 bits per heavy atom. The van der Waals surface area contributed by atoms with Gasteiger partial charge in [-0.2, -0.15) is 4.31 Å². The van der Waals surface area contributed by atoms with E-state index in [0.717, 1.165) is 17.5 Å². The smallest absolute Gasteiger partial charge is 0.243 e. The lowest BCUT2D eigenvalue weighted by Gasteiger charge is -2.19. The van der Waals surface area contributed by atoms with Crippen molar-refractivity contribution in [1.29, 1.82) is 0 Å². The standard InChI is InChI=1S/C16H26N2O2S/c1-12(2)14-7-8-18(11-14)21(19,20)16-6-5-13(3)15(9-16)10-17-4/h5-6,9,12,14,17H,7-8,10-11H2,1-4H3. The molecule has 0 bridgehead atoms. The summed E-state index contributed by atoms with van der Waals surface area (Å²) in [6, 6.07) is 5.44. The number of hydrogen-bond acceptors (Lipinski definition) is 3. The molecule has 1 aromatic carbocycles. The molecule has 0 radical (unpaired) electrons. The molecule has 0 aromatic heterocycles. The van der Waals surface area contributed by atoms with Crippen LogP contribution in [0.1, 0.15) is 31.4 Å². The van der Waals surface area contributed by atoms with Gasteiger partial charge in [-0.15, -0.1) is 0 Å². The molecule has 1 N–H and O–H groups in total. The fraction of sp³-hybridized carbons (Fsp3) is 0.625. The lowest BCUT2D eigenvalue weighted by Crippen LogP contribution is -2.29. The third-order valence-electron chi connectivity index (χ3n) is 4.46. The van der Waals surface area contributed by atoms with E-state index in [1.165, 1.54) is 0 Å². The van der Waals surface area contributed by atoms with Crippen LogP contribution in [0, 0.1) is 18.8 Å². The summed E-state index contributed by atoms with van der Waals surface area (Å²) >= 11 is 0. The maximum absolute atomic E-state index is 12.8. The van der Waals surface area contributed by atoms with Crippen molar-refractivity contribution >= 4 is 10.0 Å². The van der Waals surface area contributed by atoms with Crippen molar-refractivity contribution in [3.63, 3.8) is 0 Å². The second-order valence-electron chi connectivity index (χ2n) is 6.27. The minimum Gasteiger partial charge on any atom is -0.316 e. The summed E-state index contributed by atoms with van der Waals surface area (Å²) in [5.74, 6) is 1.00. The van der Waals surface area contributed by atoms with Crippen LogP contribution in [0.4, 0.5) is 0 Å². The van der Waals surface area contributed by atoms with Gasteiger partial charge in [-0.05, 0) is 55.5 Å². The van der Waals surface area contributed by atoms with Crippen LogP contribution in [0.5, 0.6) is 0 Å². The van der Waals surface area contributed by atoms with Gasteiger partial charge in [0.05, 0.1) is 4.90 Å². The lowest BCUT2D eigenvalue weighted by atomic mass is 9.96. The highest BCUT2D eigenvalue weighted by Crippen LogP contribution is 2.29. The molecule has 1 fully saturated rings. The normalized spacial score (nSPS) is 20.3. The summed E-state index contributed by atoms with van der Waals surface area (Å²) in [6.07, 6.45) is 0.964. The number of rotatable bonds is 5. The molecular weight excluding hydrogens is 284 g/mol. The van der Waals surface area contributed by atoms with Crippen LogP contribution in [0.15, 0.2) is 23.1 Å². The number of nitrogens with one attached hydrogen (secondary N) is 1. The summed E-state index contributed by atoms with van der Waals surface area (Å²) in [5.41, 5.74) is 2.16. The average Bonchev–Trinajstić information content (AvgIpc) is 2.92. The van der Waals surface area contributed by atoms with Crippen LogP contribution >= 0.6 is 0 Å². The van der Waals surface area contributed by atoms with Gasteiger partial charge in [-0.25, -0.2) is 8.42 Å². The topological polar surface area (TPSA) is 49.4 Å². The van der Waals surface area contributed by atoms with Crippen LogP contribution in [0.2, 0.25) is 0 Å². The van der Waals surface area contributed by atoms with Crippen molar-refractivity contribution in [3.8, 4) is 0 Å². The Labute approximate surface area is 128 Å². The fourth-order valence-corrected chi connectivity index (χ4v) is 4.42. The van der Waals surface area contributed by atoms with Crippen molar-refractivity contribution in [2.24, 2.45) is 11.8 Å². The van der Waals surface area contributed by atoms with Crippen LogP contribution in [-0.4, -0.2) is 32.9 Å². The van der Waals surface area contributed by atoms with Crippen LogP contribution in [-0.2, 0) is 16.6 Å². The third-order valence-corrected chi connectivity index (χ3v) is 6.32. The predicted octanol–water partition coefficient (Wildman–Crippen LogP) is 2.38. The Hall–Kier alpha value is -0.910. The minimum atomic E-state index is -3.36. The van der Waals surface area contributed by atoms with E-state index in [1.54, 1.807) is 10.4 Å². The first kappa shape index (κ1) is 16.5.